The number of nitrogens with zero attached hydrogens (tertiary/aromatic N) is 2. The van der Waals surface area contributed by atoms with Gasteiger partial charge in [0.05, 0.1) is 6.61 Å². The first-order valence-electron chi connectivity index (χ1n) is 2.48. The summed E-state index contributed by atoms with van der Waals surface area (Å²) in [6, 6.07) is 0. The van der Waals surface area contributed by atoms with Gasteiger partial charge in [-0.3, -0.25) is 0 Å². The van der Waals surface area contributed by atoms with Crippen LogP contribution >= 0.6 is 0 Å². The zero-order valence-electron chi connectivity index (χ0n) is 5.27. The van der Waals surface area contributed by atoms with Crippen LogP contribution in [0.1, 0.15) is 6.92 Å². The fraction of sp³-hybridized carbons (Fsp3) is 0.500. The third-order valence-electron chi connectivity index (χ3n) is 0.485. The normalized spacial score (nSPS) is 9.70. The van der Waals surface area contributed by atoms with Gasteiger partial charge in [0.15, 0.2) is 0 Å². The quantitative estimate of drug-likeness (QED) is 0.564. The van der Waals surface area contributed by atoms with E-state index in [9.17, 15) is 9.59 Å². The number of rotatable bonds is 1. The Bertz CT molecular complexity index is 165. The summed E-state index contributed by atoms with van der Waals surface area (Å²) in [7, 11) is 0. The van der Waals surface area contributed by atoms with E-state index in [-0.39, 0.29) is 6.61 Å². The van der Waals surface area contributed by atoms with E-state index in [0.29, 0.717) is 0 Å². The minimum absolute atomic E-state index is 0.150. The second kappa shape index (κ2) is 4.42. The van der Waals surface area contributed by atoms with Crippen LogP contribution in [0.25, 0.3) is 0 Å². The smallest absolute Gasteiger partial charge is 0.452 e. The van der Waals surface area contributed by atoms with Crippen LogP contribution in [0.5, 0.6) is 0 Å². The molecule has 0 saturated heterocycles. The molecule has 0 unspecified atom stereocenters. The first-order chi connectivity index (χ1) is 4.66. The van der Waals surface area contributed by atoms with E-state index in [1.165, 1.54) is 0 Å². The summed E-state index contributed by atoms with van der Waals surface area (Å²) < 4.78 is 4.23. The molecule has 10 heavy (non-hydrogen) atoms. The van der Waals surface area contributed by atoms with Gasteiger partial charge in [0, 0.05) is 0 Å². The predicted octanol–water partition coefficient (Wildman–Crippen LogP) is 1.27. The first-order valence-corrected chi connectivity index (χ1v) is 2.48. The molecule has 0 heterocycles. The Labute approximate surface area is 56.5 Å². The molecular formula is C4H6N2O4. The molecule has 0 atom stereocenters. The van der Waals surface area contributed by atoms with Crippen molar-refractivity contribution in [2.75, 3.05) is 6.61 Å². The molecular weight excluding hydrogens is 140 g/mol. The number of carbonyl (C=O) groups is 2. The Morgan fingerprint density at radius 3 is 2.50 bits per heavy atom. The molecule has 6 nitrogen and oxygen atoms in total. The van der Waals surface area contributed by atoms with Gasteiger partial charge in [0.1, 0.15) is 0 Å². The molecule has 0 aromatic heterocycles. The van der Waals surface area contributed by atoms with E-state index in [0.717, 1.165) is 0 Å². The molecule has 0 aromatic rings. The first kappa shape index (κ1) is 8.54. The van der Waals surface area contributed by atoms with Crippen molar-refractivity contribution in [3.05, 3.63) is 0 Å². The topological polar surface area (TPSA) is 88.3 Å². The molecule has 0 aliphatic carbocycles. The van der Waals surface area contributed by atoms with Gasteiger partial charge in [-0.1, -0.05) is 10.2 Å². The summed E-state index contributed by atoms with van der Waals surface area (Å²) in [5.41, 5.74) is 0. The minimum Gasteiger partial charge on any atom is -0.462 e. The van der Waals surface area contributed by atoms with Crippen LogP contribution in [0.15, 0.2) is 10.2 Å². The van der Waals surface area contributed by atoms with E-state index in [2.05, 4.69) is 15.0 Å². The Hall–Kier alpha value is -1.46. The summed E-state index contributed by atoms with van der Waals surface area (Å²) >= 11 is 0. The third kappa shape index (κ3) is 4.69. The molecule has 0 spiro atoms. The van der Waals surface area contributed by atoms with E-state index < -0.39 is 12.2 Å². The van der Waals surface area contributed by atoms with Gasteiger partial charge in [-0.2, -0.15) is 0 Å². The Kier molecular flexibility index (Phi) is 3.78. The molecule has 0 fully saturated rings. The molecule has 0 saturated carbocycles. The number of carbonyl (C=O) groups excluding carboxylic acids is 1. The summed E-state index contributed by atoms with van der Waals surface area (Å²) in [4.78, 5) is 19.8. The van der Waals surface area contributed by atoms with Crippen LogP contribution < -0.4 is 0 Å². The van der Waals surface area contributed by atoms with Gasteiger partial charge in [0.2, 0.25) is 0 Å². The van der Waals surface area contributed by atoms with Gasteiger partial charge in [-0.25, -0.2) is 9.59 Å². The number of azo groups is 1. The van der Waals surface area contributed by atoms with Gasteiger partial charge in [-0.05, 0) is 6.92 Å². The van der Waals surface area contributed by atoms with Crippen molar-refractivity contribution in [2.45, 2.75) is 6.92 Å². The highest BCUT2D eigenvalue weighted by Gasteiger charge is 1.97. The molecule has 6 heteroatoms. The number of hydrogen-bond acceptors (Lipinski definition) is 3. The second-order valence-corrected chi connectivity index (χ2v) is 1.18. The van der Waals surface area contributed by atoms with E-state index >= 15 is 0 Å². The maximum absolute atomic E-state index is 10.2. The van der Waals surface area contributed by atoms with E-state index in [1.807, 2.05) is 0 Å². The average Bonchev–Trinajstić information content (AvgIpc) is 1.85. The summed E-state index contributed by atoms with van der Waals surface area (Å²) in [5, 5.41) is 13.1. The fourth-order valence-electron chi connectivity index (χ4n) is 0.236. The summed E-state index contributed by atoms with van der Waals surface area (Å²) in [5.74, 6) is 0. The van der Waals surface area contributed by atoms with Crippen molar-refractivity contribution < 1.29 is 19.4 Å². The molecule has 0 radical (unpaired) electrons. The number of amides is 2. The lowest BCUT2D eigenvalue weighted by Gasteiger charge is -1.89. The molecule has 1 N–H and O–H groups in total. The molecule has 0 aliphatic rings. The number of carboxylic acid groups (broad SMARTS) is 1. The molecule has 0 aromatic carbocycles. The van der Waals surface area contributed by atoms with Crippen LogP contribution in [0.2, 0.25) is 0 Å². The van der Waals surface area contributed by atoms with Crippen molar-refractivity contribution in [1.82, 2.24) is 0 Å². The second-order valence-electron chi connectivity index (χ2n) is 1.18. The van der Waals surface area contributed by atoms with Crippen molar-refractivity contribution in [3.8, 4) is 0 Å². The van der Waals surface area contributed by atoms with Crippen LogP contribution in [0, 0.1) is 0 Å². The van der Waals surface area contributed by atoms with Crippen molar-refractivity contribution in [1.29, 1.82) is 0 Å². The minimum atomic E-state index is -1.52. The Morgan fingerprint density at radius 1 is 1.50 bits per heavy atom. The summed E-state index contributed by atoms with van der Waals surface area (Å²) in [6.45, 7) is 1.73. The zero-order chi connectivity index (χ0) is 7.98. The highest BCUT2D eigenvalue weighted by Crippen LogP contribution is 1.84. The zero-order valence-corrected chi connectivity index (χ0v) is 5.27. The van der Waals surface area contributed by atoms with Gasteiger partial charge in [-0.15, -0.1) is 0 Å². The number of ether oxygens (including phenoxy) is 1. The highest BCUT2D eigenvalue weighted by atomic mass is 16.5. The summed E-state index contributed by atoms with van der Waals surface area (Å²) in [6.07, 6.45) is -2.52. The van der Waals surface area contributed by atoms with Gasteiger partial charge < -0.3 is 9.84 Å². The fourth-order valence-corrected chi connectivity index (χ4v) is 0.236. The number of hydrogen-bond donors (Lipinski definition) is 1. The predicted molar refractivity (Wildman–Crippen MR) is 29.9 cm³/mol. The van der Waals surface area contributed by atoms with Gasteiger partial charge >= 0.3 is 12.2 Å². The van der Waals surface area contributed by atoms with Crippen LogP contribution in [-0.4, -0.2) is 23.9 Å². The maximum atomic E-state index is 10.2. The lowest BCUT2D eigenvalue weighted by atomic mass is 10.9. The van der Waals surface area contributed by atoms with E-state index in [4.69, 9.17) is 5.11 Å². The largest absolute Gasteiger partial charge is 0.462 e. The highest BCUT2D eigenvalue weighted by molar-refractivity contribution is 5.71. The van der Waals surface area contributed by atoms with E-state index in [1.54, 1.807) is 6.92 Å². The molecule has 0 aliphatic heterocycles. The molecule has 2 amide bonds. The average molecular weight is 146 g/mol. The van der Waals surface area contributed by atoms with Crippen LogP contribution in [0.4, 0.5) is 9.59 Å². The SMILES string of the molecule is CCOC(=O)/N=N/C(=O)O. The van der Waals surface area contributed by atoms with Crippen molar-refractivity contribution in [2.24, 2.45) is 10.2 Å². The standard InChI is InChI=1S/C4H6N2O4/c1-2-10-4(9)6-5-3(7)8/h2H2,1H3,(H,7,8)/b6-5+. The van der Waals surface area contributed by atoms with Gasteiger partial charge in [0.25, 0.3) is 0 Å². The van der Waals surface area contributed by atoms with Crippen LogP contribution in [-0.2, 0) is 4.74 Å². The lowest BCUT2D eigenvalue weighted by Crippen LogP contribution is -1.97. The van der Waals surface area contributed by atoms with Crippen LogP contribution in [0.3, 0.4) is 0 Å². The monoisotopic (exact) mass is 146 g/mol. The molecule has 56 valence electrons. The Balaban J connectivity index is 3.67. The Morgan fingerprint density at radius 2 is 2.10 bits per heavy atom. The third-order valence-corrected chi connectivity index (χ3v) is 0.485. The van der Waals surface area contributed by atoms with Crippen molar-refractivity contribution in [3.63, 3.8) is 0 Å². The molecule has 0 bridgehead atoms. The molecule has 0 rings (SSSR count). The lowest BCUT2D eigenvalue weighted by molar-refractivity contribution is 0.160. The van der Waals surface area contributed by atoms with Crippen molar-refractivity contribution >= 4 is 12.2 Å². The maximum Gasteiger partial charge on any atom is 0.452 e.